The summed E-state index contributed by atoms with van der Waals surface area (Å²) >= 11 is 0. The molecule has 0 aliphatic heterocycles. The summed E-state index contributed by atoms with van der Waals surface area (Å²) in [5.41, 5.74) is 3.68. The minimum atomic E-state index is -2.44. The quantitative estimate of drug-likeness (QED) is 0.407. The molecule has 0 spiro atoms. The Bertz CT molecular complexity index is 1530. The molecular weight excluding hydrogens is 320 g/mol. The fourth-order valence-electron chi connectivity index (χ4n) is 4.05. The van der Waals surface area contributed by atoms with Crippen LogP contribution in [-0.2, 0) is 21.1 Å². The van der Waals surface area contributed by atoms with E-state index in [1.807, 2.05) is 70.3 Å². The normalized spacial score (nSPS) is 16.4. The Kier molecular flexibility index (Phi) is 1.97. The minimum absolute atomic E-state index is 0.296. The summed E-state index contributed by atoms with van der Waals surface area (Å²) in [6.45, 7) is -2.96. The highest BCUT2D eigenvalue weighted by molar-refractivity contribution is 6.10. The Morgan fingerprint density at radius 3 is 2.46 bits per heavy atom. The molecule has 2 aromatic carbocycles. The van der Waals surface area contributed by atoms with Crippen LogP contribution < -0.4 is 4.57 Å². The fourth-order valence-corrected chi connectivity index (χ4v) is 4.05. The monoisotopic (exact) mass is 349 g/mol. The van der Waals surface area contributed by atoms with E-state index in [9.17, 15) is 0 Å². The molecule has 0 bridgehead atoms. The van der Waals surface area contributed by atoms with Gasteiger partial charge in [0.1, 0.15) is 16.6 Å². The molecule has 0 aliphatic carbocycles. The van der Waals surface area contributed by atoms with E-state index in [0.717, 1.165) is 16.4 Å². The first-order chi connectivity index (χ1) is 14.9. The molecule has 0 radical (unpaired) electrons. The molecule has 5 aromatic rings. The molecule has 0 amide bonds. The van der Waals surface area contributed by atoms with E-state index < -0.39 is 13.8 Å². The lowest BCUT2D eigenvalue weighted by atomic mass is 10.1. The summed E-state index contributed by atoms with van der Waals surface area (Å²) < 4.78 is 56.4. The van der Waals surface area contributed by atoms with Gasteiger partial charge in [-0.3, -0.25) is 0 Å². The third kappa shape index (κ3) is 1.66. The Labute approximate surface area is 160 Å². The van der Waals surface area contributed by atoms with Crippen LogP contribution >= 0.6 is 0 Å². The van der Waals surface area contributed by atoms with Crippen LogP contribution in [0.2, 0.25) is 0 Å². The van der Waals surface area contributed by atoms with Gasteiger partial charge in [0.15, 0.2) is 5.65 Å². The zero-order valence-corrected chi connectivity index (χ0v) is 14.9. The van der Waals surface area contributed by atoms with Gasteiger partial charge in [0, 0.05) is 27.6 Å². The molecular formula is C22H23N4+. The zero-order chi connectivity index (χ0) is 23.2. The number of nitrogens with zero attached hydrogens (tertiary/aromatic N) is 4. The van der Waals surface area contributed by atoms with Crippen molar-refractivity contribution in [3.63, 3.8) is 0 Å². The Hall–Kier alpha value is -3.01. The summed E-state index contributed by atoms with van der Waals surface area (Å²) in [4.78, 5) is 0. The second kappa shape index (κ2) is 5.01. The molecule has 5 rings (SSSR count). The van der Waals surface area contributed by atoms with E-state index in [4.69, 9.17) is 8.22 Å². The number of hydrogen-bond donors (Lipinski definition) is 0. The van der Waals surface area contributed by atoms with Gasteiger partial charge in [-0.25, -0.2) is 9.13 Å². The van der Waals surface area contributed by atoms with Gasteiger partial charge in [0.05, 0.1) is 18.1 Å². The van der Waals surface area contributed by atoms with Gasteiger partial charge in [0.25, 0.3) is 0 Å². The highest BCUT2D eigenvalue weighted by Crippen LogP contribution is 2.36. The van der Waals surface area contributed by atoms with E-state index in [2.05, 4.69) is 0 Å². The van der Waals surface area contributed by atoms with Crippen LogP contribution in [0, 0.1) is 13.8 Å². The standard InChI is InChI=1S/C22H23N4/c1-14-15(2)23(3)21-20(14)16-10-6-7-11-17(16)26(21)22-24(4)18-12-8-9-13-19(18)25(22)5/h6-13H,1-5H3/q+1/i1D3,4D3. The maximum atomic E-state index is 8.30. The van der Waals surface area contributed by atoms with Crippen molar-refractivity contribution in [3.8, 4) is 5.95 Å². The summed E-state index contributed by atoms with van der Waals surface area (Å²) in [5.74, 6) is 0.440. The topological polar surface area (TPSA) is 18.7 Å². The number of aryl methyl sites for hydroxylation is 4. The van der Waals surface area contributed by atoms with Crippen molar-refractivity contribution < 1.29 is 12.8 Å². The first kappa shape index (κ1) is 10.2. The van der Waals surface area contributed by atoms with Gasteiger partial charge >= 0.3 is 5.95 Å². The van der Waals surface area contributed by atoms with Gasteiger partial charge in [-0.05, 0) is 37.5 Å². The fraction of sp³-hybridized carbons (Fsp3) is 0.227. The molecule has 0 aliphatic rings. The molecule has 3 aromatic heterocycles. The summed E-state index contributed by atoms with van der Waals surface area (Å²) in [6.07, 6.45) is 0. The van der Waals surface area contributed by atoms with Gasteiger partial charge in [-0.1, -0.05) is 30.3 Å². The van der Waals surface area contributed by atoms with E-state index in [1.165, 1.54) is 4.57 Å². The number of aromatic nitrogens is 4. The molecule has 0 N–H and O–H groups in total. The lowest BCUT2D eigenvalue weighted by Gasteiger charge is -2.05. The molecule has 26 heavy (non-hydrogen) atoms. The predicted molar refractivity (Wildman–Crippen MR) is 107 cm³/mol. The molecule has 0 saturated heterocycles. The SMILES string of the molecule is [2H]C([2H])([2H])c1c(C)n(C)c2c1c1ccccc1n2-c1n(C([2H])([2H])[2H])c2ccccc2[n+]1C. The zero-order valence-electron chi connectivity index (χ0n) is 20.9. The number of hydrogen-bond acceptors (Lipinski definition) is 0. The highest BCUT2D eigenvalue weighted by Gasteiger charge is 2.29. The molecule has 0 saturated carbocycles. The average molecular weight is 349 g/mol. The largest absolute Gasteiger partial charge is 0.371 e. The Morgan fingerprint density at radius 2 is 1.69 bits per heavy atom. The van der Waals surface area contributed by atoms with Gasteiger partial charge in [-0.2, -0.15) is 4.57 Å². The molecule has 0 fully saturated rings. The third-order valence-corrected chi connectivity index (χ3v) is 5.47. The maximum Gasteiger partial charge on any atom is 0.371 e. The molecule has 0 atom stereocenters. The molecule has 3 heterocycles. The molecule has 0 unspecified atom stereocenters. The van der Waals surface area contributed by atoms with Crippen LogP contribution in [0.1, 0.15) is 19.5 Å². The number of benzene rings is 2. The van der Waals surface area contributed by atoms with Crippen LogP contribution in [0.5, 0.6) is 0 Å². The van der Waals surface area contributed by atoms with Crippen molar-refractivity contribution in [2.24, 2.45) is 21.1 Å². The Morgan fingerprint density at radius 1 is 0.962 bits per heavy atom. The smallest absolute Gasteiger partial charge is 0.321 e. The van der Waals surface area contributed by atoms with Crippen LogP contribution in [0.4, 0.5) is 0 Å². The van der Waals surface area contributed by atoms with Crippen molar-refractivity contribution in [2.75, 3.05) is 0 Å². The average Bonchev–Trinajstić information content (AvgIpc) is 3.28. The Balaban J connectivity index is 2.09. The first-order valence-electron chi connectivity index (χ1n) is 11.5. The van der Waals surface area contributed by atoms with Crippen molar-refractivity contribution >= 4 is 33.0 Å². The molecule has 4 heteroatoms. The predicted octanol–water partition coefficient (Wildman–Crippen LogP) is 4.06. The lowest BCUT2D eigenvalue weighted by molar-refractivity contribution is -0.639. The van der Waals surface area contributed by atoms with Gasteiger partial charge in [-0.15, -0.1) is 0 Å². The van der Waals surface area contributed by atoms with Crippen molar-refractivity contribution in [3.05, 3.63) is 59.8 Å². The van der Waals surface area contributed by atoms with Crippen LogP contribution in [0.25, 0.3) is 38.9 Å². The maximum absolute atomic E-state index is 8.30. The van der Waals surface area contributed by atoms with E-state index in [0.29, 0.717) is 33.8 Å². The number of para-hydroxylation sites is 3. The third-order valence-electron chi connectivity index (χ3n) is 5.47. The second-order valence-electron chi connectivity index (χ2n) is 6.75. The number of fused-ring (bicyclic) bond motifs is 4. The number of imidazole rings is 1. The van der Waals surface area contributed by atoms with Crippen LogP contribution in [0.15, 0.2) is 48.5 Å². The van der Waals surface area contributed by atoms with Gasteiger partial charge < -0.3 is 4.57 Å². The van der Waals surface area contributed by atoms with Crippen LogP contribution in [-0.4, -0.2) is 13.7 Å². The number of rotatable bonds is 1. The van der Waals surface area contributed by atoms with Crippen LogP contribution in [0.3, 0.4) is 0 Å². The van der Waals surface area contributed by atoms with E-state index in [-0.39, 0.29) is 0 Å². The summed E-state index contributed by atoms with van der Waals surface area (Å²) in [5, 5.41) is 1.41. The van der Waals surface area contributed by atoms with Gasteiger partial charge in [0.2, 0.25) is 0 Å². The second-order valence-corrected chi connectivity index (χ2v) is 6.75. The first-order valence-corrected chi connectivity index (χ1v) is 8.54. The lowest BCUT2D eigenvalue weighted by Crippen LogP contribution is -2.33. The summed E-state index contributed by atoms with van der Waals surface area (Å²) in [6, 6.07) is 14.9. The molecule has 4 nitrogen and oxygen atoms in total. The van der Waals surface area contributed by atoms with Crippen molar-refractivity contribution in [2.45, 2.75) is 13.8 Å². The van der Waals surface area contributed by atoms with Crippen molar-refractivity contribution in [1.82, 2.24) is 13.7 Å². The van der Waals surface area contributed by atoms with Crippen molar-refractivity contribution in [1.29, 1.82) is 0 Å². The van der Waals surface area contributed by atoms with E-state index >= 15 is 0 Å². The molecule has 130 valence electrons. The highest BCUT2D eigenvalue weighted by atomic mass is 15.3. The summed E-state index contributed by atoms with van der Waals surface area (Å²) in [7, 11) is 3.66. The van der Waals surface area contributed by atoms with E-state index in [1.54, 1.807) is 13.0 Å². The minimum Gasteiger partial charge on any atom is -0.321 e.